The molecule has 2 aromatic rings. The van der Waals surface area contributed by atoms with Crippen molar-refractivity contribution in [3.8, 4) is 0 Å². The molecule has 1 aromatic heterocycles. The van der Waals surface area contributed by atoms with Crippen molar-refractivity contribution in [3.05, 3.63) is 53.7 Å². The molecule has 1 saturated carbocycles. The molecule has 2 heterocycles. The van der Waals surface area contributed by atoms with E-state index >= 15 is 0 Å². The van der Waals surface area contributed by atoms with Crippen LogP contribution in [-0.4, -0.2) is 33.6 Å². The molecule has 2 N–H and O–H groups in total. The van der Waals surface area contributed by atoms with Crippen molar-refractivity contribution in [1.82, 2.24) is 9.88 Å². The third-order valence-corrected chi connectivity index (χ3v) is 6.10. The highest BCUT2D eigenvalue weighted by atomic mass is 16.2. The van der Waals surface area contributed by atoms with E-state index in [1.54, 1.807) is 17.0 Å². The zero-order valence-electron chi connectivity index (χ0n) is 17.9. The zero-order chi connectivity index (χ0) is 22.0. The second kappa shape index (κ2) is 8.88. The molecule has 1 aliphatic carbocycles. The summed E-state index contributed by atoms with van der Waals surface area (Å²) in [6, 6.07) is 10.8. The van der Waals surface area contributed by atoms with Crippen LogP contribution in [0, 0.1) is 11.8 Å². The predicted octanol–water partition coefficient (Wildman–Crippen LogP) is 3.37. The summed E-state index contributed by atoms with van der Waals surface area (Å²) in [5.41, 5.74) is 2.71. The number of amides is 3. The zero-order valence-corrected chi connectivity index (χ0v) is 17.9. The van der Waals surface area contributed by atoms with Gasteiger partial charge in [0, 0.05) is 24.8 Å². The fourth-order valence-electron chi connectivity index (χ4n) is 3.79. The third-order valence-electron chi connectivity index (χ3n) is 6.10. The Bertz CT molecular complexity index is 985. The lowest BCUT2D eigenvalue weighted by atomic mass is 9.92. The van der Waals surface area contributed by atoms with Crippen LogP contribution in [0.3, 0.4) is 0 Å². The minimum Gasteiger partial charge on any atom is -0.326 e. The maximum absolute atomic E-state index is 13.2. The number of nitrogens with one attached hydrogen (secondary N) is 2. The van der Waals surface area contributed by atoms with Gasteiger partial charge in [-0.3, -0.25) is 14.4 Å². The largest absolute Gasteiger partial charge is 0.326 e. The van der Waals surface area contributed by atoms with Crippen molar-refractivity contribution < 1.29 is 14.4 Å². The number of hydrogen-bond acceptors (Lipinski definition) is 4. The lowest BCUT2D eigenvalue weighted by molar-refractivity contribution is -0.143. The van der Waals surface area contributed by atoms with E-state index in [2.05, 4.69) is 15.6 Å². The number of carbonyl (C=O) groups is 3. The highest BCUT2D eigenvalue weighted by Crippen LogP contribution is 2.30. The van der Waals surface area contributed by atoms with Gasteiger partial charge in [-0.05, 0) is 42.5 Å². The number of nitrogens with zero attached hydrogens (tertiary/aromatic N) is 2. The van der Waals surface area contributed by atoms with Gasteiger partial charge in [-0.1, -0.05) is 38.1 Å². The van der Waals surface area contributed by atoms with Gasteiger partial charge >= 0.3 is 0 Å². The minimum atomic E-state index is -0.578. The number of pyridine rings is 1. The van der Waals surface area contributed by atoms with E-state index in [1.807, 2.05) is 38.1 Å². The molecule has 3 amide bonds. The van der Waals surface area contributed by atoms with Crippen LogP contribution >= 0.6 is 0 Å². The van der Waals surface area contributed by atoms with E-state index in [0.29, 0.717) is 24.5 Å². The first kappa shape index (κ1) is 21.0. The van der Waals surface area contributed by atoms with E-state index in [0.717, 1.165) is 30.4 Å². The molecule has 1 aromatic carbocycles. The first-order chi connectivity index (χ1) is 15.0. The van der Waals surface area contributed by atoms with E-state index in [1.165, 1.54) is 6.20 Å². The molecule has 4 rings (SSSR count). The van der Waals surface area contributed by atoms with Crippen LogP contribution in [0.4, 0.5) is 11.5 Å². The monoisotopic (exact) mass is 420 g/mol. The van der Waals surface area contributed by atoms with Crippen LogP contribution < -0.4 is 10.6 Å². The summed E-state index contributed by atoms with van der Waals surface area (Å²) in [5, 5.41) is 5.68. The topological polar surface area (TPSA) is 91.4 Å². The van der Waals surface area contributed by atoms with Crippen molar-refractivity contribution in [3.63, 3.8) is 0 Å². The Morgan fingerprint density at radius 1 is 1.06 bits per heavy atom. The smallest absolute Gasteiger partial charge is 0.247 e. The fourth-order valence-corrected chi connectivity index (χ4v) is 3.79. The maximum atomic E-state index is 13.2. The molecule has 1 fully saturated rings. The van der Waals surface area contributed by atoms with Gasteiger partial charge in [-0.25, -0.2) is 4.98 Å². The second-order valence-electron chi connectivity index (χ2n) is 8.45. The number of aromatic nitrogens is 1. The number of benzene rings is 1. The Hall–Kier alpha value is -3.22. The molecule has 2 unspecified atom stereocenters. The lowest BCUT2D eigenvalue weighted by Crippen LogP contribution is -2.52. The lowest BCUT2D eigenvalue weighted by Gasteiger charge is -2.37. The standard InChI is InChI=1S/C24H28N4O3/c1-3-15(2)24(31)28-14-18-7-5-4-6-17(18)12-20(28)23(30)26-19-10-11-21(25-13-19)27-22(29)16-8-9-16/h4-7,10-11,13,15-16,20H,3,8-9,12,14H2,1-2H3,(H,26,30)(H,25,27,29). The molecule has 162 valence electrons. The van der Waals surface area contributed by atoms with Gasteiger partial charge in [0.25, 0.3) is 0 Å². The van der Waals surface area contributed by atoms with Gasteiger partial charge in [0.2, 0.25) is 17.7 Å². The van der Waals surface area contributed by atoms with Crippen molar-refractivity contribution >= 4 is 29.2 Å². The normalized spacial score (nSPS) is 18.6. The minimum absolute atomic E-state index is 0.00610. The fraction of sp³-hybridized carbons (Fsp3) is 0.417. The summed E-state index contributed by atoms with van der Waals surface area (Å²) in [4.78, 5) is 44.0. The molecule has 0 radical (unpaired) electrons. The maximum Gasteiger partial charge on any atom is 0.247 e. The van der Waals surface area contributed by atoms with E-state index < -0.39 is 6.04 Å². The highest BCUT2D eigenvalue weighted by molar-refractivity contribution is 5.98. The van der Waals surface area contributed by atoms with Crippen molar-refractivity contribution in [2.45, 2.75) is 52.1 Å². The summed E-state index contributed by atoms with van der Waals surface area (Å²) in [5.74, 6) is 0.177. The van der Waals surface area contributed by atoms with Crippen LogP contribution in [-0.2, 0) is 27.3 Å². The van der Waals surface area contributed by atoms with Gasteiger partial charge in [0.05, 0.1) is 11.9 Å². The summed E-state index contributed by atoms with van der Waals surface area (Å²) < 4.78 is 0. The first-order valence-electron chi connectivity index (χ1n) is 10.9. The summed E-state index contributed by atoms with van der Waals surface area (Å²) >= 11 is 0. The number of fused-ring (bicyclic) bond motifs is 1. The molecule has 0 spiro atoms. The average Bonchev–Trinajstić information content (AvgIpc) is 3.64. The van der Waals surface area contributed by atoms with Crippen LogP contribution in [0.1, 0.15) is 44.2 Å². The molecule has 0 bridgehead atoms. The Labute approximate surface area is 182 Å². The van der Waals surface area contributed by atoms with Gasteiger partial charge in [-0.2, -0.15) is 0 Å². The van der Waals surface area contributed by atoms with Crippen LogP contribution in [0.15, 0.2) is 42.6 Å². The average molecular weight is 421 g/mol. The van der Waals surface area contributed by atoms with E-state index in [-0.39, 0.29) is 29.6 Å². The molecule has 7 heteroatoms. The van der Waals surface area contributed by atoms with E-state index in [4.69, 9.17) is 0 Å². The van der Waals surface area contributed by atoms with Crippen molar-refractivity contribution in [2.24, 2.45) is 11.8 Å². The van der Waals surface area contributed by atoms with Gasteiger partial charge < -0.3 is 15.5 Å². The Balaban J connectivity index is 1.48. The number of hydrogen-bond donors (Lipinski definition) is 2. The molecule has 2 aliphatic rings. The second-order valence-corrected chi connectivity index (χ2v) is 8.45. The predicted molar refractivity (Wildman–Crippen MR) is 118 cm³/mol. The molecule has 7 nitrogen and oxygen atoms in total. The summed E-state index contributed by atoms with van der Waals surface area (Å²) in [7, 11) is 0. The van der Waals surface area contributed by atoms with Gasteiger partial charge in [0.15, 0.2) is 0 Å². The first-order valence-corrected chi connectivity index (χ1v) is 10.9. The van der Waals surface area contributed by atoms with Gasteiger partial charge in [0.1, 0.15) is 11.9 Å². The number of rotatable bonds is 6. The highest BCUT2D eigenvalue weighted by Gasteiger charge is 2.36. The molecular formula is C24H28N4O3. The van der Waals surface area contributed by atoms with Crippen LogP contribution in [0.5, 0.6) is 0 Å². The molecule has 31 heavy (non-hydrogen) atoms. The quantitative estimate of drug-likeness (QED) is 0.750. The molecule has 2 atom stereocenters. The van der Waals surface area contributed by atoms with Crippen molar-refractivity contribution in [2.75, 3.05) is 10.6 Å². The van der Waals surface area contributed by atoms with Crippen molar-refractivity contribution in [1.29, 1.82) is 0 Å². The summed E-state index contributed by atoms with van der Waals surface area (Å²) in [6.07, 6.45) is 4.58. The Morgan fingerprint density at radius 3 is 2.45 bits per heavy atom. The molecule has 1 aliphatic heterocycles. The van der Waals surface area contributed by atoms with Gasteiger partial charge in [-0.15, -0.1) is 0 Å². The third kappa shape index (κ3) is 4.76. The molecular weight excluding hydrogens is 392 g/mol. The van der Waals surface area contributed by atoms with Crippen LogP contribution in [0.2, 0.25) is 0 Å². The number of anilines is 2. The SMILES string of the molecule is CCC(C)C(=O)N1Cc2ccccc2CC1C(=O)Nc1ccc(NC(=O)C2CC2)nc1. The number of carbonyl (C=O) groups excluding carboxylic acids is 3. The van der Waals surface area contributed by atoms with E-state index in [9.17, 15) is 14.4 Å². The Kier molecular flexibility index (Phi) is 6.02. The molecule has 0 saturated heterocycles. The summed E-state index contributed by atoms with van der Waals surface area (Å²) in [6.45, 7) is 4.31. The Morgan fingerprint density at radius 2 is 1.81 bits per heavy atom. The van der Waals surface area contributed by atoms with Crippen LogP contribution in [0.25, 0.3) is 0 Å².